The lowest BCUT2D eigenvalue weighted by atomic mass is 10.1. The van der Waals surface area contributed by atoms with Gasteiger partial charge in [-0.1, -0.05) is 26.1 Å². The summed E-state index contributed by atoms with van der Waals surface area (Å²) in [6, 6.07) is 0. The molecule has 0 spiro atoms. The molecule has 0 amide bonds. The summed E-state index contributed by atoms with van der Waals surface area (Å²) in [6.45, 7) is 5.12. The molecule has 0 unspecified atom stereocenters. The lowest BCUT2D eigenvalue weighted by Crippen LogP contribution is -2.28. The lowest BCUT2D eigenvalue weighted by molar-refractivity contribution is 0.465. The Balaban J connectivity index is 2.52. The minimum absolute atomic E-state index is 0.0120. The largest absolute Gasteiger partial charge is 0.504 e. The summed E-state index contributed by atoms with van der Waals surface area (Å²) >= 11 is 4.70. The minimum atomic E-state index is -0.199. The molecule has 0 saturated carbocycles. The Bertz CT molecular complexity index is 405. The molecule has 1 rings (SSSR count). The molecule has 3 nitrogen and oxygen atoms in total. The maximum atomic E-state index is 11.3. The Morgan fingerprint density at radius 3 is 2.53 bits per heavy atom. The van der Waals surface area contributed by atoms with Crippen LogP contribution in [0.3, 0.4) is 0 Å². The Hall–Kier alpha value is -0.900. The SMILES string of the molecule is CC(C)CCCN(C)c1c(O)c(=S)c1=O. The molecule has 0 radical (unpaired) electrons. The number of hydrogen-bond acceptors (Lipinski definition) is 4. The number of hydrogen-bond donors (Lipinski definition) is 1. The summed E-state index contributed by atoms with van der Waals surface area (Å²) in [5.74, 6) is 0.654. The molecule has 1 aromatic rings. The zero-order valence-electron chi connectivity index (χ0n) is 9.41. The van der Waals surface area contributed by atoms with E-state index in [9.17, 15) is 9.90 Å². The summed E-state index contributed by atoms with van der Waals surface area (Å²) in [7, 11) is 1.81. The molecule has 0 bridgehead atoms. The van der Waals surface area contributed by atoms with E-state index >= 15 is 0 Å². The highest BCUT2D eigenvalue weighted by atomic mass is 32.1. The van der Waals surface area contributed by atoms with Crippen molar-refractivity contribution in [1.82, 2.24) is 0 Å². The molecule has 1 N–H and O–H groups in total. The number of rotatable bonds is 5. The maximum Gasteiger partial charge on any atom is 0.227 e. The van der Waals surface area contributed by atoms with E-state index < -0.39 is 0 Å². The van der Waals surface area contributed by atoms with Gasteiger partial charge in [0.1, 0.15) is 10.2 Å². The standard InChI is InChI=1S/C11H17NO2S/c1-7(2)5-4-6-12(3)8-9(13)11(15)10(8)14/h7,13H,4-6H2,1-3H3. The molecule has 0 saturated heterocycles. The lowest BCUT2D eigenvalue weighted by Gasteiger charge is -2.21. The van der Waals surface area contributed by atoms with Gasteiger partial charge in [-0.2, -0.15) is 0 Å². The molecule has 0 heterocycles. The van der Waals surface area contributed by atoms with E-state index in [2.05, 4.69) is 13.8 Å². The first-order valence-electron chi connectivity index (χ1n) is 5.18. The first-order chi connectivity index (χ1) is 6.95. The first kappa shape index (κ1) is 12.2. The van der Waals surface area contributed by atoms with Crippen LogP contribution in [0.4, 0.5) is 5.69 Å². The second-order valence-electron chi connectivity index (χ2n) is 4.31. The van der Waals surface area contributed by atoms with Gasteiger partial charge in [-0.25, -0.2) is 0 Å². The highest BCUT2D eigenvalue weighted by Crippen LogP contribution is 2.27. The van der Waals surface area contributed by atoms with Gasteiger partial charge in [0, 0.05) is 13.6 Å². The van der Waals surface area contributed by atoms with Gasteiger partial charge in [0.05, 0.1) is 0 Å². The maximum absolute atomic E-state index is 11.3. The van der Waals surface area contributed by atoms with Gasteiger partial charge in [-0.05, 0) is 18.8 Å². The number of nitrogens with zero attached hydrogens (tertiary/aromatic N) is 1. The minimum Gasteiger partial charge on any atom is -0.504 e. The van der Waals surface area contributed by atoms with Gasteiger partial charge in [0.2, 0.25) is 5.43 Å². The van der Waals surface area contributed by atoms with Crippen LogP contribution in [0.2, 0.25) is 0 Å². The Labute approximate surface area is 95.0 Å². The van der Waals surface area contributed by atoms with Gasteiger partial charge in [0.15, 0.2) is 5.75 Å². The van der Waals surface area contributed by atoms with E-state index in [1.165, 1.54) is 0 Å². The molecule has 0 aliphatic heterocycles. The monoisotopic (exact) mass is 227 g/mol. The Morgan fingerprint density at radius 1 is 1.47 bits per heavy atom. The summed E-state index contributed by atoms with van der Waals surface area (Å²) in [6.07, 6.45) is 2.14. The van der Waals surface area contributed by atoms with Crippen molar-refractivity contribution in [3.05, 3.63) is 14.7 Å². The Kier molecular flexibility index (Phi) is 3.85. The van der Waals surface area contributed by atoms with Gasteiger partial charge < -0.3 is 10.0 Å². The van der Waals surface area contributed by atoms with E-state index in [4.69, 9.17) is 12.2 Å². The molecule has 0 aliphatic rings. The van der Waals surface area contributed by atoms with E-state index in [0.717, 1.165) is 19.4 Å². The van der Waals surface area contributed by atoms with Gasteiger partial charge in [-0.15, -0.1) is 0 Å². The highest BCUT2D eigenvalue weighted by molar-refractivity contribution is 7.71. The summed E-state index contributed by atoms with van der Waals surface area (Å²) in [5, 5.41) is 9.40. The van der Waals surface area contributed by atoms with Crippen LogP contribution in [-0.2, 0) is 0 Å². The predicted octanol–water partition coefficient (Wildman–Crippen LogP) is 2.23. The molecule has 84 valence electrons. The van der Waals surface area contributed by atoms with Gasteiger partial charge >= 0.3 is 0 Å². The van der Waals surface area contributed by atoms with Crippen molar-refractivity contribution in [2.24, 2.45) is 5.92 Å². The molecule has 0 atom stereocenters. The highest BCUT2D eigenvalue weighted by Gasteiger charge is 2.19. The van der Waals surface area contributed by atoms with Crippen molar-refractivity contribution in [3.63, 3.8) is 0 Å². The van der Waals surface area contributed by atoms with Crippen molar-refractivity contribution in [1.29, 1.82) is 0 Å². The second-order valence-corrected chi connectivity index (χ2v) is 4.72. The van der Waals surface area contributed by atoms with E-state index in [1.54, 1.807) is 4.90 Å². The van der Waals surface area contributed by atoms with Crippen LogP contribution >= 0.6 is 12.2 Å². The number of anilines is 1. The fourth-order valence-electron chi connectivity index (χ4n) is 1.57. The molecule has 0 fully saturated rings. The summed E-state index contributed by atoms with van der Waals surface area (Å²) in [5.41, 5.74) is 0.179. The van der Waals surface area contributed by atoms with Crippen molar-refractivity contribution in [3.8, 4) is 5.75 Å². The van der Waals surface area contributed by atoms with Crippen LogP contribution in [-0.4, -0.2) is 18.7 Å². The van der Waals surface area contributed by atoms with E-state index in [1.807, 2.05) is 7.05 Å². The normalized spacial score (nSPS) is 11.2. The molecule has 4 heteroatoms. The second kappa shape index (κ2) is 4.75. The zero-order chi connectivity index (χ0) is 11.6. The molecular weight excluding hydrogens is 210 g/mol. The van der Waals surface area contributed by atoms with Gasteiger partial charge in [0.25, 0.3) is 0 Å². The van der Waals surface area contributed by atoms with Crippen LogP contribution in [0.15, 0.2) is 4.79 Å². The fraction of sp³-hybridized carbons (Fsp3) is 0.636. The predicted molar refractivity (Wildman–Crippen MR) is 64.9 cm³/mol. The zero-order valence-corrected chi connectivity index (χ0v) is 10.2. The molecule has 0 aliphatic carbocycles. The molecule has 1 aromatic carbocycles. The first-order valence-corrected chi connectivity index (χ1v) is 5.59. The smallest absolute Gasteiger partial charge is 0.227 e. The molecular formula is C11H17NO2S. The van der Waals surface area contributed by atoms with Gasteiger partial charge in [-0.3, -0.25) is 4.79 Å². The van der Waals surface area contributed by atoms with Crippen LogP contribution < -0.4 is 10.3 Å². The van der Waals surface area contributed by atoms with Crippen molar-refractivity contribution >= 4 is 17.9 Å². The third-order valence-electron chi connectivity index (χ3n) is 2.52. The van der Waals surface area contributed by atoms with Crippen LogP contribution in [0.1, 0.15) is 26.7 Å². The average molecular weight is 227 g/mol. The Morgan fingerprint density at radius 2 is 2.07 bits per heavy atom. The van der Waals surface area contributed by atoms with Crippen molar-refractivity contribution < 1.29 is 5.11 Å². The number of aromatic hydroxyl groups is 1. The summed E-state index contributed by atoms with van der Waals surface area (Å²) in [4.78, 5) is 13.1. The quantitative estimate of drug-likeness (QED) is 0.783. The van der Waals surface area contributed by atoms with E-state index in [0.29, 0.717) is 11.6 Å². The van der Waals surface area contributed by atoms with Crippen LogP contribution in [0.5, 0.6) is 5.75 Å². The van der Waals surface area contributed by atoms with Crippen LogP contribution in [0.25, 0.3) is 0 Å². The van der Waals surface area contributed by atoms with Crippen LogP contribution in [0, 0.1) is 10.4 Å². The summed E-state index contributed by atoms with van der Waals surface area (Å²) < 4.78 is 0.0701. The van der Waals surface area contributed by atoms with Crippen molar-refractivity contribution in [2.75, 3.05) is 18.5 Å². The third kappa shape index (κ3) is 2.56. The van der Waals surface area contributed by atoms with E-state index in [-0.39, 0.29) is 15.7 Å². The third-order valence-corrected chi connectivity index (χ3v) is 2.90. The topological polar surface area (TPSA) is 40.5 Å². The molecule has 15 heavy (non-hydrogen) atoms. The van der Waals surface area contributed by atoms with Crippen molar-refractivity contribution in [2.45, 2.75) is 26.7 Å². The molecule has 0 aromatic heterocycles. The average Bonchev–Trinajstić information content (AvgIpc) is 2.17. The fourth-order valence-corrected chi connectivity index (χ4v) is 1.76.